The summed E-state index contributed by atoms with van der Waals surface area (Å²) in [5.41, 5.74) is 2.21. The van der Waals surface area contributed by atoms with Crippen molar-refractivity contribution in [3.63, 3.8) is 0 Å². The molecule has 0 unspecified atom stereocenters. The summed E-state index contributed by atoms with van der Waals surface area (Å²) in [6.07, 6.45) is 2.12. The molecule has 2 aromatic carbocycles. The quantitative estimate of drug-likeness (QED) is 0.381. The van der Waals surface area contributed by atoms with E-state index < -0.39 is 4.92 Å². The molecular weight excluding hydrogens is 452 g/mol. The monoisotopic (exact) mass is 480 g/mol. The maximum atomic E-state index is 13.5. The molecule has 10 nitrogen and oxygen atoms in total. The number of benzene rings is 2. The van der Waals surface area contributed by atoms with E-state index in [0.29, 0.717) is 36.6 Å². The van der Waals surface area contributed by atoms with Gasteiger partial charge in [-0.15, -0.1) is 0 Å². The molecule has 1 fully saturated rings. The van der Waals surface area contributed by atoms with E-state index in [2.05, 4.69) is 5.10 Å². The Balaban J connectivity index is 1.60. The first-order valence-electron chi connectivity index (χ1n) is 11.5. The molecule has 35 heavy (non-hydrogen) atoms. The third-order valence-electron chi connectivity index (χ3n) is 6.21. The summed E-state index contributed by atoms with van der Waals surface area (Å²) >= 11 is 0. The van der Waals surface area contributed by atoms with Gasteiger partial charge >= 0.3 is 0 Å². The molecule has 0 bridgehead atoms. The van der Waals surface area contributed by atoms with Crippen LogP contribution in [0, 0.1) is 16.0 Å². The van der Waals surface area contributed by atoms with Crippen LogP contribution in [-0.4, -0.2) is 66.3 Å². The number of amides is 2. The lowest BCUT2D eigenvalue weighted by Gasteiger charge is -2.27. The molecule has 4 rings (SSSR count). The number of hydrogen-bond acceptors (Lipinski definition) is 7. The number of methoxy groups -OCH3 is 2. The van der Waals surface area contributed by atoms with Crippen molar-refractivity contribution in [3.8, 4) is 5.75 Å². The molecule has 2 aliphatic rings. The van der Waals surface area contributed by atoms with Gasteiger partial charge in [0.1, 0.15) is 12.3 Å². The molecular formula is C25H28N4O6. The van der Waals surface area contributed by atoms with E-state index in [9.17, 15) is 19.7 Å². The average Bonchev–Trinajstić information content (AvgIpc) is 3.64. The van der Waals surface area contributed by atoms with Crippen LogP contribution in [0.3, 0.4) is 0 Å². The summed E-state index contributed by atoms with van der Waals surface area (Å²) in [6, 6.07) is 13.2. The van der Waals surface area contributed by atoms with Crippen molar-refractivity contribution < 1.29 is 24.0 Å². The first-order valence-corrected chi connectivity index (χ1v) is 11.5. The van der Waals surface area contributed by atoms with Gasteiger partial charge in [-0.05, 0) is 48.2 Å². The van der Waals surface area contributed by atoms with Crippen molar-refractivity contribution in [2.45, 2.75) is 25.3 Å². The van der Waals surface area contributed by atoms with Crippen LogP contribution in [-0.2, 0) is 14.3 Å². The van der Waals surface area contributed by atoms with E-state index in [-0.39, 0.29) is 36.0 Å². The zero-order valence-electron chi connectivity index (χ0n) is 19.8. The minimum absolute atomic E-state index is 0.0145. The second-order valence-corrected chi connectivity index (χ2v) is 8.61. The molecule has 2 aromatic rings. The number of hydrazone groups is 1. The number of nitro benzene ring substituents is 1. The van der Waals surface area contributed by atoms with Gasteiger partial charge in [0, 0.05) is 38.1 Å². The lowest BCUT2D eigenvalue weighted by molar-refractivity contribution is -0.384. The lowest BCUT2D eigenvalue weighted by Crippen LogP contribution is -2.43. The standard InChI is InChI=1S/C25H28N4O6/c1-34-14-13-27(25(31)19-3-4-19)16-24(30)28-23(18-7-11-21(35-2)12-8-18)15-22(26-28)17-5-9-20(10-6-17)29(32)33/h5-12,19,23H,3-4,13-16H2,1-2H3/t23-/m1/s1. The highest BCUT2D eigenvalue weighted by atomic mass is 16.6. The van der Waals surface area contributed by atoms with Crippen molar-refractivity contribution in [2.75, 3.05) is 33.9 Å². The van der Waals surface area contributed by atoms with Gasteiger partial charge in [-0.3, -0.25) is 19.7 Å². The Labute approximate surface area is 203 Å². The maximum absolute atomic E-state index is 13.5. The highest BCUT2D eigenvalue weighted by molar-refractivity contribution is 6.03. The third-order valence-corrected chi connectivity index (χ3v) is 6.21. The Morgan fingerprint density at radius 2 is 1.80 bits per heavy atom. The predicted molar refractivity (Wildman–Crippen MR) is 128 cm³/mol. The van der Waals surface area contributed by atoms with Gasteiger partial charge in [-0.2, -0.15) is 5.10 Å². The normalized spacial score (nSPS) is 17.1. The van der Waals surface area contributed by atoms with Gasteiger partial charge in [0.05, 0.1) is 30.4 Å². The van der Waals surface area contributed by atoms with E-state index in [4.69, 9.17) is 9.47 Å². The molecule has 0 saturated heterocycles. The van der Waals surface area contributed by atoms with Gasteiger partial charge in [-0.1, -0.05) is 12.1 Å². The van der Waals surface area contributed by atoms with E-state index >= 15 is 0 Å². The van der Waals surface area contributed by atoms with Gasteiger partial charge in [0.15, 0.2) is 0 Å². The zero-order valence-corrected chi connectivity index (χ0v) is 19.8. The maximum Gasteiger partial charge on any atom is 0.269 e. The van der Waals surface area contributed by atoms with Crippen LogP contribution >= 0.6 is 0 Å². The van der Waals surface area contributed by atoms with Crippen LogP contribution < -0.4 is 4.74 Å². The summed E-state index contributed by atoms with van der Waals surface area (Å²) in [5, 5.41) is 17.1. The Bertz CT molecular complexity index is 1110. The number of ether oxygens (including phenoxy) is 2. The van der Waals surface area contributed by atoms with Gasteiger partial charge < -0.3 is 14.4 Å². The van der Waals surface area contributed by atoms with Crippen molar-refractivity contribution in [1.29, 1.82) is 0 Å². The Morgan fingerprint density at radius 1 is 1.11 bits per heavy atom. The fourth-order valence-corrected chi connectivity index (χ4v) is 4.07. The lowest BCUT2D eigenvalue weighted by atomic mass is 9.98. The number of carbonyl (C=O) groups is 2. The number of rotatable bonds is 10. The Morgan fingerprint density at radius 3 is 2.37 bits per heavy atom. The first-order chi connectivity index (χ1) is 16.9. The predicted octanol–water partition coefficient (Wildman–Crippen LogP) is 3.17. The van der Waals surface area contributed by atoms with Crippen LogP contribution in [0.4, 0.5) is 5.69 Å². The number of nitrogens with zero attached hydrogens (tertiary/aromatic N) is 4. The number of nitro groups is 1. The van der Waals surface area contributed by atoms with Crippen molar-refractivity contribution in [2.24, 2.45) is 11.0 Å². The van der Waals surface area contributed by atoms with Crippen LogP contribution in [0.15, 0.2) is 53.6 Å². The fraction of sp³-hybridized carbons (Fsp3) is 0.400. The molecule has 2 amide bonds. The summed E-state index contributed by atoms with van der Waals surface area (Å²) in [6.45, 7) is 0.574. The molecule has 10 heteroatoms. The van der Waals surface area contributed by atoms with Crippen LogP contribution in [0.5, 0.6) is 5.75 Å². The summed E-state index contributed by atoms with van der Waals surface area (Å²) in [7, 11) is 3.14. The zero-order chi connectivity index (χ0) is 24.9. The third kappa shape index (κ3) is 5.65. The average molecular weight is 481 g/mol. The molecule has 184 valence electrons. The van der Waals surface area contributed by atoms with Gasteiger partial charge in [0.2, 0.25) is 5.91 Å². The van der Waals surface area contributed by atoms with E-state index in [1.54, 1.807) is 31.3 Å². The van der Waals surface area contributed by atoms with E-state index in [1.165, 1.54) is 17.1 Å². The molecule has 1 saturated carbocycles. The second kappa shape index (κ2) is 10.6. The van der Waals surface area contributed by atoms with Crippen LogP contribution in [0.2, 0.25) is 0 Å². The highest BCUT2D eigenvalue weighted by Gasteiger charge is 2.37. The molecule has 1 aliphatic carbocycles. The molecule has 1 atom stereocenters. The number of non-ortho nitro benzene ring substituents is 1. The minimum atomic E-state index is -0.457. The second-order valence-electron chi connectivity index (χ2n) is 8.61. The van der Waals surface area contributed by atoms with E-state index in [0.717, 1.165) is 18.4 Å². The minimum Gasteiger partial charge on any atom is -0.497 e. The molecule has 0 N–H and O–H groups in total. The van der Waals surface area contributed by atoms with Gasteiger partial charge in [-0.25, -0.2) is 5.01 Å². The molecule has 0 radical (unpaired) electrons. The van der Waals surface area contributed by atoms with Crippen LogP contribution in [0.1, 0.15) is 36.4 Å². The van der Waals surface area contributed by atoms with Crippen molar-refractivity contribution in [3.05, 3.63) is 69.8 Å². The Hall–Kier alpha value is -3.79. The number of hydrogen-bond donors (Lipinski definition) is 0. The van der Waals surface area contributed by atoms with Crippen molar-refractivity contribution in [1.82, 2.24) is 9.91 Å². The smallest absolute Gasteiger partial charge is 0.269 e. The topological polar surface area (TPSA) is 115 Å². The van der Waals surface area contributed by atoms with E-state index in [1.807, 2.05) is 24.3 Å². The Kier molecular flexibility index (Phi) is 7.40. The SMILES string of the molecule is COCCN(CC(=O)N1N=C(c2ccc([N+](=O)[O-])cc2)C[C@@H]1c1ccc(OC)cc1)C(=O)C1CC1. The summed E-state index contributed by atoms with van der Waals surface area (Å²) in [5.74, 6) is 0.347. The summed E-state index contributed by atoms with van der Waals surface area (Å²) in [4.78, 5) is 38.3. The molecule has 0 spiro atoms. The largest absolute Gasteiger partial charge is 0.497 e. The molecule has 1 aliphatic heterocycles. The number of carbonyl (C=O) groups excluding carboxylic acids is 2. The molecule has 0 aromatic heterocycles. The fourth-order valence-electron chi connectivity index (χ4n) is 4.07. The van der Waals surface area contributed by atoms with Gasteiger partial charge in [0.25, 0.3) is 11.6 Å². The summed E-state index contributed by atoms with van der Waals surface area (Å²) < 4.78 is 10.4. The first kappa shape index (κ1) is 24.3. The van der Waals surface area contributed by atoms with Crippen molar-refractivity contribution >= 4 is 23.2 Å². The molecule has 1 heterocycles. The highest BCUT2D eigenvalue weighted by Crippen LogP contribution is 2.35. The van der Waals surface area contributed by atoms with Crippen LogP contribution in [0.25, 0.3) is 0 Å².